The third-order valence-electron chi connectivity index (χ3n) is 3.95. The lowest BCUT2D eigenvalue weighted by molar-refractivity contribution is -0.116. The Morgan fingerprint density at radius 3 is 2.65 bits per heavy atom. The molecule has 0 saturated carbocycles. The van der Waals surface area contributed by atoms with Crippen LogP contribution in [0.15, 0.2) is 53.3 Å². The maximum atomic E-state index is 13.3. The molecule has 0 radical (unpaired) electrons. The lowest BCUT2D eigenvalue weighted by atomic mass is 10.1. The van der Waals surface area contributed by atoms with E-state index >= 15 is 0 Å². The summed E-state index contributed by atoms with van der Waals surface area (Å²) < 4.78 is 18.7. The fraction of sp³-hybridized carbons (Fsp3) is 0.200. The molecule has 1 aromatic heterocycles. The molecular formula is C20H19FN2O3. The van der Waals surface area contributed by atoms with Gasteiger partial charge in [0.25, 0.3) is 5.56 Å². The van der Waals surface area contributed by atoms with E-state index in [0.29, 0.717) is 28.8 Å². The molecule has 6 heteroatoms. The molecule has 0 aliphatic heterocycles. The maximum absolute atomic E-state index is 13.3. The van der Waals surface area contributed by atoms with Gasteiger partial charge in [-0.05, 0) is 61.9 Å². The molecule has 3 aromatic rings. The van der Waals surface area contributed by atoms with E-state index in [4.69, 9.17) is 4.74 Å². The Hall–Kier alpha value is -3.15. The number of nitrogens with one attached hydrogen (secondary N) is 2. The van der Waals surface area contributed by atoms with E-state index in [0.717, 1.165) is 5.75 Å². The first-order valence-corrected chi connectivity index (χ1v) is 8.39. The summed E-state index contributed by atoms with van der Waals surface area (Å²) in [7, 11) is 0. The summed E-state index contributed by atoms with van der Waals surface area (Å²) >= 11 is 0. The van der Waals surface area contributed by atoms with Crippen LogP contribution in [0.25, 0.3) is 10.9 Å². The number of benzene rings is 2. The summed E-state index contributed by atoms with van der Waals surface area (Å²) in [6, 6.07) is 12.9. The van der Waals surface area contributed by atoms with Crippen molar-refractivity contribution in [3.8, 4) is 5.75 Å². The lowest BCUT2D eigenvalue weighted by Crippen LogP contribution is -2.17. The van der Waals surface area contributed by atoms with Gasteiger partial charge in [0.05, 0.1) is 6.61 Å². The summed E-state index contributed by atoms with van der Waals surface area (Å²) in [5.41, 5.74) is 1.41. The van der Waals surface area contributed by atoms with Gasteiger partial charge >= 0.3 is 0 Å². The number of aryl methyl sites for hydroxylation is 1. The Labute approximate surface area is 149 Å². The molecule has 1 amide bonds. The molecule has 0 fully saturated rings. The number of anilines is 1. The Morgan fingerprint density at radius 1 is 1.15 bits per heavy atom. The van der Waals surface area contributed by atoms with E-state index < -0.39 is 0 Å². The number of pyridine rings is 1. The summed E-state index contributed by atoms with van der Waals surface area (Å²) in [6.45, 7) is 2.48. The van der Waals surface area contributed by atoms with Crippen LogP contribution in [0, 0.1) is 5.82 Å². The fourth-order valence-corrected chi connectivity index (χ4v) is 2.68. The van der Waals surface area contributed by atoms with Crippen LogP contribution in [0.5, 0.6) is 5.75 Å². The number of carbonyl (C=O) groups excluding carboxylic acids is 1. The standard InChI is InChI=1S/C20H19FN2O3/c1-2-26-17-7-5-16(6-8-17)22-19(24)10-3-13-11-14-12-15(21)4-9-18(14)23-20(13)25/h4-9,11-12H,2-3,10H2,1H3,(H,22,24)(H,23,25). The van der Waals surface area contributed by atoms with Crippen LogP contribution >= 0.6 is 0 Å². The van der Waals surface area contributed by atoms with E-state index in [1.807, 2.05) is 6.92 Å². The van der Waals surface area contributed by atoms with Crippen LogP contribution < -0.4 is 15.6 Å². The van der Waals surface area contributed by atoms with Gasteiger partial charge in [0.15, 0.2) is 0 Å². The number of aromatic nitrogens is 1. The monoisotopic (exact) mass is 354 g/mol. The number of halogens is 1. The molecule has 2 aromatic carbocycles. The highest BCUT2D eigenvalue weighted by Crippen LogP contribution is 2.16. The molecule has 134 valence electrons. The van der Waals surface area contributed by atoms with Crippen LogP contribution in [-0.2, 0) is 11.2 Å². The number of aromatic amines is 1. The molecule has 5 nitrogen and oxygen atoms in total. The zero-order valence-corrected chi connectivity index (χ0v) is 14.3. The minimum atomic E-state index is -0.372. The van der Waals surface area contributed by atoms with Gasteiger partial charge in [0.1, 0.15) is 11.6 Å². The van der Waals surface area contributed by atoms with Crippen LogP contribution in [0.2, 0.25) is 0 Å². The molecule has 0 unspecified atom stereocenters. The number of amides is 1. The topological polar surface area (TPSA) is 71.2 Å². The van der Waals surface area contributed by atoms with Crippen LogP contribution in [0.3, 0.4) is 0 Å². The predicted molar refractivity (Wildman–Crippen MR) is 99.1 cm³/mol. The van der Waals surface area contributed by atoms with E-state index in [1.165, 1.54) is 18.2 Å². The van der Waals surface area contributed by atoms with Crippen molar-refractivity contribution in [2.45, 2.75) is 19.8 Å². The van der Waals surface area contributed by atoms with Gasteiger partial charge in [-0.3, -0.25) is 9.59 Å². The molecule has 2 N–H and O–H groups in total. The Balaban J connectivity index is 1.64. The number of carbonyl (C=O) groups is 1. The van der Waals surface area contributed by atoms with Gasteiger partial charge in [-0.2, -0.15) is 0 Å². The number of fused-ring (bicyclic) bond motifs is 1. The van der Waals surface area contributed by atoms with E-state index in [1.54, 1.807) is 30.3 Å². The van der Waals surface area contributed by atoms with Gasteiger partial charge in [-0.15, -0.1) is 0 Å². The van der Waals surface area contributed by atoms with Crippen LogP contribution in [-0.4, -0.2) is 17.5 Å². The number of rotatable bonds is 6. The number of H-pyrrole nitrogens is 1. The first-order chi connectivity index (χ1) is 12.5. The van der Waals surface area contributed by atoms with Crippen molar-refractivity contribution >= 4 is 22.5 Å². The van der Waals surface area contributed by atoms with Gasteiger partial charge in [0, 0.05) is 28.6 Å². The zero-order valence-electron chi connectivity index (χ0n) is 14.3. The normalized spacial score (nSPS) is 10.7. The highest BCUT2D eigenvalue weighted by Gasteiger charge is 2.08. The van der Waals surface area contributed by atoms with Crippen LogP contribution in [0.4, 0.5) is 10.1 Å². The quantitative estimate of drug-likeness (QED) is 0.710. The molecule has 1 heterocycles. The molecule has 0 spiro atoms. The second-order valence-corrected chi connectivity index (χ2v) is 5.86. The summed E-state index contributed by atoms with van der Waals surface area (Å²) in [6.07, 6.45) is 0.418. The Bertz CT molecular complexity index is 981. The number of ether oxygens (including phenoxy) is 1. The average molecular weight is 354 g/mol. The molecular weight excluding hydrogens is 335 g/mol. The average Bonchev–Trinajstić information content (AvgIpc) is 2.62. The molecule has 3 rings (SSSR count). The SMILES string of the molecule is CCOc1ccc(NC(=O)CCc2cc3cc(F)ccc3[nH]c2=O)cc1. The van der Waals surface area contributed by atoms with E-state index in [2.05, 4.69) is 10.3 Å². The smallest absolute Gasteiger partial charge is 0.251 e. The minimum Gasteiger partial charge on any atom is -0.494 e. The maximum Gasteiger partial charge on any atom is 0.251 e. The summed E-state index contributed by atoms with van der Waals surface area (Å²) in [4.78, 5) is 26.9. The highest BCUT2D eigenvalue weighted by atomic mass is 19.1. The largest absolute Gasteiger partial charge is 0.494 e. The molecule has 0 atom stereocenters. The van der Waals surface area contributed by atoms with Gasteiger partial charge in [0.2, 0.25) is 5.91 Å². The number of hydrogen-bond acceptors (Lipinski definition) is 3. The second-order valence-electron chi connectivity index (χ2n) is 5.86. The van der Waals surface area contributed by atoms with Crippen molar-refractivity contribution in [1.82, 2.24) is 4.98 Å². The van der Waals surface area contributed by atoms with Crippen molar-refractivity contribution in [2.75, 3.05) is 11.9 Å². The van der Waals surface area contributed by atoms with E-state index in [-0.39, 0.29) is 30.1 Å². The Morgan fingerprint density at radius 2 is 1.92 bits per heavy atom. The molecule has 26 heavy (non-hydrogen) atoms. The molecule has 0 bridgehead atoms. The van der Waals surface area contributed by atoms with Gasteiger partial charge in [-0.1, -0.05) is 0 Å². The third-order valence-corrected chi connectivity index (χ3v) is 3.95. The third kappa shape index (κ3) is 4.27. The number of hydrogen-bond donors (Lipinski definition) is 2. The van der Waals surface area contributed by atoms with Crippen LogP contribution in [0.1, 0.15) is 18.9 Å². The molecule has 0 aliphatic carbocycles. The predicted octanol–water partition coefficient (Wildman–Crippen LogP) is 3.64. The van der Waals surface area contributed by atoms with E-state index in [9.17, 15) is 14.0 Å². The van der Waals surface area contributed by atoms with Crippen molar-refractivity contribution in [3.63, 3.8) is 0 Å². The zero-order chi connectivity index (χ0) is 18.5. The fourth-order valence-electron chi connectivity index (χ4n) is 2.68. The molecule has 0 saturated heterocycles. The van der Waals surface area contributed by atoms with Crippen molar-refractivity contribution < 1.29 is 13.9 Å². The van der Waals surface area contributed by atoms with Crippen molar-refractivity contribution in [2.24, 2.45) is 0 Å². The molecule has 0 aliphatic rings. The Kier molecular flexibility index (Phi) is 5.31. The first kappa shape index (κ1) is 17.7. The second kappa shape index (κ2) is 7.82. The highest BCUT2D eigenvalue weighted by molar-refractivity contribution is 5.91. The van der Waals surface area contributed by atoms with Gasteiger partial charge < -0.3 is 15.0 Å². The minimum absolute atomic E-state index is 0.150. The van der Waals surface area contributed by atoms with Gasteiger partial charge in [-0.25, -0.2) is 4.39 Å². The summed E-state index contributed by atoms with van der Waals surface area (Å²) in [5.74, 6) is 0.164. The van der Waals surface area contributed by atoms with Crippen molar-refractivity contribution in [3.05, 3.63) is 70.3 Å². The lowest BCUT2D eigenvalue weighted by Gasteiger charge is -2.07. The first-order valence-electron chi connectivity index (χ1n) is 8.39. The van der Waals surface area contributed by atoms with Crippen molar-refractivity contribution in [1.29, 1.82) is 0 Å². The summed E-state index contributed by atoms with van der Waals surface area (Å²) in [5, 5.41) is 3.38.